The predicted octanol–water partition coefficient (Wildman–Crippen LogP) is -0.824. The molecule has 1 aliphatic rings. The minimum absolute atomic E-state index is 0.400. The Labute approximate surface area is 110 Å². The van der Waals surface area contributed by atoms with Gasteiger partial charge in [0.25, 0.3) is 0 Å². The third kappa shape index (κ3) is 3.11. The van der Waals surface area contributed by atoms with Gasteiger partial charge < -0.3 is 29.9 Å². The highest BCUT2D eigenvalue weighted by molar-refractivity contribution is 5.16. The molecule has 0 bridgehead atoms. The highest BCUT2D eigenvalue weighted by atomic mass is 16.7. The maximum atomic E-state index is 9.91. The van der Waals surface area contributed by atoms with Gasteiger partial charge in [-0.15, -0.1) is 0 Å². The van der Waals surface area contributed by atoms with Crippen LogP contribution >= 0.6 is 0 Å². The summed E-state index contributed by atoms with van der Waals surface area (Å²) in [5.41, 5.74) is 0.711. The van der Waals surface area contributed by atoms with Crippen molar-refractivity contribution in [1.82, 2.24) is 0 Å². The summed E-state index contributed by atoms with van der Waals surface area (Å²) in [4.78, 5) is 0. The summed E-state index contributed by atoms with van der Waals surface area (Å²) in [6, 6.07) is 9.00. The van der Waals surface area contributed by atoms with Crippen LogP contribution in [-0.2, 0) is 9.47 Å². The smallest absolute Gasteiger partial charge is 0.184 e. The Hall–Kier alpha value is -1.02. The van der Waals surface area contributed by atoms with Gasteiger partial charge in [-0.1, -0.05) is 30.3 Å². The fourth-order valence-electron chi connectivity index (χ4n) is 2.05. The first-order chi connectivity index (χ1) is 9.17. The van der Waals surface area contributed by atoms with Gasteiger partial charge in [0.15, 0.2) is 6.29 Å². The first-order valence-corrected chi connectivity index (χ1v) is 6.11. The van der Waals surface area contributed by atoms with E-state index >= 15 is 0 Å². The highest BCUT2D eigenvalue weighted by Crippen LogP contribution is 2.31. The molecule has 0 aromatic heterocycles. The highest BCUT2D eigenvalue weighted by Gasteiger charge is 2.42. The van der Waals surface area contributed by atoms with Gasteiger partial charge in [0, 0.05) is 5.56 Å². The Bertz CT molecular complexity index is 384. The average molecular weight is 270 g/mol. The minimum Gasteiger partial charge on any atom is -0.394 e. The van der Waals surface area contributed by atoms with E-state index in [0.717, 1.165) is 0 Å². The first-order valence-electron chi connectivity index (χ1n) is 6.11. The third-order valence-corrected chi connectivity index (χ3v) is 3.11. The van der Waals surface area contributed by atoms with Gasteiger partial charge in [0.05, 0.1) is 13.2 Å². The van der Waals surface area contributed by atoms with E-state index in [9.17, 15) is 15.3 Å². The maximum absolute atomic E-state index is 9.91. The topological polar surface area (TPSA) is 99.4 Å². The van der Waals surface area contributed by atoms with Crippen molar-refractivity contribution in [2.45, 2.75) is 30.7 Å². The molecule has 1 aromatic carbocycles. The second kappa shape index (κ2) is 6.42. The van der Waals surface area contributed by atoms with Crippen LogP contribution in [0.4, 0.5) is 0 Å². The molecule has 1 saturated heterocycles. The fourth-order valence-corrected chi connectivity index (χ4v) is 2.05. The van der Waals surface area contributed by atoms with Gasteiger partial charge in [0.1, 0.15) is 24.4 Å². The Kier molecular flexibility index (Phi) is 4.87. The summed E-state index contributed by atoms with van der Waals surface area (Å²) in [5.74, 6) is 0. The molecule has 0 aliphatic carbocycles. The van der Waals surface area contributed by atoms with Crippen LogP contribution in [0.25, 0.3) is 0 Å². The van der Waals surface area contributed by atoms with E-state index in [4.69, 9.17) is 14.6 Å². The molecule has 106 valence electrons. The molecule has 1 heterocycles. The van der Waals surface area contributed by atoms with Crippen molar-refractivity contribution in [3.8, 4) is 0 Å². The maximum Gasteiger partial charge on any atom is 0.184 e. The van der Waals surface area contributed by atoms with Gasteiger partial charge in [-0.25, -0.2) is 0 Å². The lowest BCUT2D eigenvalue weighted by molar-refractivity contribution is -0.310. The van der Waals surface area contributed by atoms with E-state index in [1.54, 1.807) is 24.3 Å². The van der Waals surface area contributed by atoms with Crippen LogP contribution in [-0.4, -0.2) is 58.1 Å². The van der Waals surface area contributed by atoms with Crippen LogP contribution in [0, 0.1) is 0 Å². The van der Waals surface area contributed by atoms with Gasteiger partial charge in [0.2, 0.25) is 0 Å². The molecule has 0 unspecified atom stereocenters. The van der Waals surface area contributed by atoms with Crippen molar-refractivity contribution < 1.29 is 29.9 Å². The zero-order chi connectivity index (χ0) is 13.8. The number of hydrogen-bond donors (Lipinski definition) is 4. The van der Waals surface area contributed by atoms with Crippen LogP contribution in [0.5, 0.6) is 0 Å². The van der Waals surface area contributed by atoms with Crippen molar-refractivity contribution >= 4 is 0 Å². The van der Waals surface area contributed by atoms with Crippen LogP contribution in [0.2, 0.25) is 0 Å². The molecule has 19 heavy (non-hydrogen) atoms. The number of rotatable bonds is 4. The standard InChI is InChI=1S/C13H18O6/c14-6-9(16)12-11(17)10(7-15)18-13(19-12)8-4-2-1-3-5-8/h1-5,9-17H,6-7H2/t9-,10+,11+,12+,13-/m1/s1. The molecule has 2 rings (SSSR count). The summed E-state index contributed by atoms with van der Waals surface area (Å²) in [7, 11) is 0. The van der Waals surface area contributed by atoms with Gasteiger partial charge >= 0.3 is 0 Å². The van der Waals surface area contributed by atoms with E-state index < -0.39 is 43.9 Å². The average Bonchev–Trinajstić information content (AvgIpc) is 2.47. The van der Waals surface area contributed by atoms with Crippen molar-refractivity contribution in [2.24, 2.45) is 0 Å². The Morgan fingerprint density at radius 3 is 2.37 bits per heavy atom. The molecular formula is C13H18O6. The second-order valence-corrected chi connectivity index (χ2v) is 4.44. The molecule has 0 amide bonds. The lowest BCUT2D eigenvalue weighted by Gasteiger charge is -2.40. The normalized spacial score (nSPS) is 33.1. The van der Waals surface area contributed by atoms with Crippen molar-refractivity contribution in [3.63, 3.8) is 0 Å². The van der Waals surface area contributed by atoms with E-state index in [2.05, 4.69) is 0 Å². The molecule has 1 fully saturated rings. The van der Waals surface area contributed by atoms with E-state index in [1.165, 1.54) is 0 Å². The van der Waals surface area contributed by atoms with E-state index in [1.807, 2.05) is 6.07 Å². The van der Waals surface area contributed by atoms with Crippen molar-refractivity contribution in [2.75, 3.05) is 13.2 Å². The third-order valence-electron chi connectivity index (χ3n) is 3.11. The van der Waals surface area contributed by atoms with Crippen molar-refractivity contribution in [3.05, 3.63) is 35.9 Å². The zero-order valence-electron chi connectivity index (χ0n) is 10.3. The molecule has 6 nitrogen and oxygen atoms in total. The molecule has 1 aromatic rings. The van der Waals surface area contributed by atoms with Gasteiger partial charge in [-0.2, -0.15) is 0 Å². The van der Waals surface area contributed by atoms with Crippen molar-refractivity contribution in [1.29, 1.82) is 0 Å². The number of ether oxygens (including phenoxy) is 2. The van der Waals surface area contributed by atoms with Crippen LogP contribution in [0.15, 0.2) is 30.3 Å². The molecule has 5 atom stereocenters. The number of aliphatic hydroxyl groups is 4. The predicted molar refractivity (Wildman–Crippen MR) is 65.1 cm³/mol. The molecular weight excluding hydrogens is 252 g/mol. The Morgan fingerprint density at radius 2 is 1.79 bits per heavy atom. The quantitative estimate of drug-likeness (QED) is 0.570. The van der Waals surface area contributed by atoms with Crippen LogP contribution in [0.1, 0.15) is 11.9 Å². The lowest BCUT2D eigenvalue weighted by Crippen LogP contribution is -2.54. The minimum atomic E-state index is -1.24. The van der Waals surface area contributed by atoms with Gasteiger partial charge in [-0.05, 0) is 0 Å². The molecule has 0 radical (unpaired) electrons. The van der Waals surface area contributed by atoms with Crippen LogP contribution < -0.4 is 0 Å². The Morgan fingerprint density at radius 1 is 1.11 bits per heavy atom. The summed E-state index contributed by atoms with van der Waals surface area (Å²) in [5, 5.41) is 37.8. The second-order valence-electron chi connectivity index (χ2n) is 4.44. The lowest BCUT2D eigenvalue weighted by atomic mass is 10.0. The van der Waals surface area contributed by atoms with Crippen LogP contribution in [0.3, 0.4) is 0 Å². The molecule has 0 saturated carbocycles. The fraction of sp³-hybridized carbons (Fsp3) is 0.538. The molecule has 6 heteroatoms. The van der Waals surface area contributed by atoms with E-state index in [0.29, 0.717) is 5.56 Å². The van der Waals surface area contributed by atoms with E-state index in [-0.39, 0.29) is 0 Å². The molecule has 0 spiro atoms. The summed E-state index contributed by atoms with van der Waals surface area (Å²) >= 11 is 0. The summed E-state index contributed by atoms with van der Waals surface area (Å²) in [6.07, 6.45) is -5.12. The summed E-state index contributed by atoms with van der Waals surface area (Å²) < 4.78 is 10.9. The number of aliphatic hydroxyl groups excluding tert-OH is 4. The summed E-state index contributed by atoms with van der Waals surface area (Å²) in [6.45, 7) is -0.941. The number of benzene rings is 1. The van der Waals surface area contributed by atoms with Gasteiger partial charge in [-0.3, -0.25) is 0 Å². The zero-order valence-corrected chi connectivity index (χ0v) is 10.3. The number of hydrogen-bond acceptors (Lipinski definition) is 6. The monoisotopic (exact) mass is 270 g/mol. The largest absolute Gasteiger partial charge is 0.394 e. The molecule has 4 N–H and O–H groups in total. The Balaban J connectivity index is 2.18. The first kappa shape index (κ1) is 14.4. The SMILES string of the molecule is OC[C@@H](O)[C@@H]1O[C@H](c2ccccc2)O[C@@H](CO)[C@@H]1O. The molecule has 1 aliphatic heterocycles.